The average Bonchev–Trinajstić information content (AvgIpc) is 2.50. The Kier molecular flexibility index (Phi) is 4.82. The van der Waals surface area contributed by atoms with Crippen LogP contribution in [0.2, 0.25) is 0 Å². The van der Waals surface area contributed by atoms with E-state index in [2.05, 4.69) is 48.3 Å². The molecule has 1 saturated heterocycles. The lowest BCUT2D eigenvalue weighted by Gasteiger charge is -2.40. The van der Waals surface area contributed by atoms with Crippen LogP contribution in [-0.4, -0.2) is 36.5 Å². The summed E-state index contributed by atoms with van der Waals surface area (Å²) in [6.45, 7) is 7.19. The molecule has 0 radical (unpaired) electrons. The van der Waals surface area contributed by atoms with Crippen LogP contribution in [0.3, 0.4) is 0 Å². The van der Waals surface area contributed by atoms with E-state index < -0.39 is 0 Å². The van der Waals surface area contributed by atoms with Gasteiger partial charge in [0.15, 0.2) is 0 Å². The van der Waals surface area contributed by atoms with Gasteiger partial charge < -0.3 is 10.2 Å². The minimum Gasteiger partial charge on any atom is -0.339 e. The largest absolute Gasteiger partial charge is 0.339 e. The van der Waals surface area contributed by atoms with Crippen molar-refractivity contribution < 1.29 is 4.79 Å². The van der Waals surface area contributed by atoms with Gasteiger partial charge in [0.1, 0.15) is 0 Å². The van der Waals surface area contributed by atoms with E-state index in [1.165, 1.54) is 11.1 Å². The number of nitrogens with zero attached hydrogens (tertiary/aromatic N) is 1. The van der Waals surface area contributed by atoms with Crippen LogP contribution in [0.1, 0.15) is 37.8 Å². The molecule has 0 spiro atoms. The van der Waals surface area contributed by atoms with E-state index in [9.17, 15) is 4.79 Å². The summed E-state index contributed by atoms with van der Waals surface area (Å²) in [5.74, 6) is 1.06. The van der Waals surface area contributed by atoms with Crippen molar-refractivity contribution in [2.45, 2.75) is 45.6 Å². The van der Waals surface area contributed by atoms with Gasteiger partial charge in [0.05, 0.1) is 0 Å². The summed E-state index contributed by atoms with van der Waals surface area (Å²) >= 11 is 0. The van der Waals surface area contributed by atoms with Crippen molar-refractivity contribution >= 4 is 5.91 Å². The molecular weight excluding hydrogens is 272 g/mol. The van der Waals surface area contributed by atoms with Gasteiger partial charge in [-0.2, -0.15) is 0 Å². The fourth-order valence-corrected chi connectivity index (χ4v) is 3.79. The van der Waals surface area contributed by atoms with Crippen LogP contribution in [0.25, 0.3) is 0 Å². The summed E-state index contributed by atoms with van der Waals surface area (Å²) in [5.41, 5.74) is 2.91. The van der Waals surface area contributed by atoms with E-state index in [-0.39, 0.29) is 5.92 Å². The fourth-order valence-electron chi connectivity index (χ4n) is 3.79. The lowest BCUT2D eigenvalue weighted by atomic mass is 9.84. The molecule has 120 valence electrons. The molecule has 2 unspecified atom stereocenters. The van der Waals surface area contributed by atoms with Crippen molar-refractivity contribution in [1.29, 1.82) is 0 Å². The van der Waals surface area contributed by atoms with Crippen molar-refractivity contribution in [3.05, 3.63) is 35.4 Å². The maximum Gasteiger partial charge on any atom is 0.226 e. The normalized spacial score (nSPS) is 22.5. The monoisotopic (exact) mass is 300 g/mol. The first kappa shape index (κ1) is 15.5. The van der Waals surface area contributed by atoms with E-state index >= 15 is 0 Å². The number of benzene rings is 1. The van der Waals surface area contributed by atoms with Crippen LogP contribution in [-0.2, 0) is 17.6 Å². The lowest BCUT2D eigenvalue weighted by Crippen LogP contribution is -2.53. The fraction of sp³-hybridized carbons (Fsp3) is 0.632. The van der Waals surface area contributed by atoms with Crippen LogP contribution < -0.4 is 5.32 Å². The molecule has 1 aliphatic heterocycles. The number of nitrogens with one attached hydrogen (secondary N) is 1. The van der Waals surface area contributed by atoms with E-state index in [4.69, 9.17) is 0 Å². The van der Waals surface area contributed by atoms with Gasteiger partial charge >= 0.3 is 0 Å². The second-order valence-corrected chi connectivity index (χ2v) is 6.90. The van der Waals surface area contributed by atoms with Crippen molar-refractivity contribution in [3.8, 4) is 0 Å². The molecule has 2 aliphatic rings. The van der Waals surface area contributed by atoms with E-state index in [0.29, 0.717) is 17.9 Å². The predicted octanol–water partition coefficient (Wildman–Crippen LogP) is 2.64. The molecule has 1 aliphatic carbocycles. The number of aryl methyl sites for hydroxylation is 1. The average molecular weight is 300 g/mol. The van der Waals surface area contributed by atoms with Crippen LogP contribution in [0.5, 0.6) is 0 Å². The number of hydrogen-bond donors (Lipinski definition) is 1. The molecule has 0 bridgehead atoms. The third-order valence-electron chi connectivity index (χ3n) is 5.42. The van der Waals surface area contributed by atoms with Gasteiger partial charge in [-0.3, -0.25) is 4.79 Å². The van der Waals surface area contributed by atoms with E-state index in [0.717, 1.165) is 45.3 Å². The quantitative estimate of drug-likeness (QED) is 0.906. The molecule has 1 amide bonds. The van der Waals surface area contributed by atoms with Crippen LogP contribution >= 0.6 is 0 Å². The minimum absolute atomic E-state index is 0.157. The third kappa shape index (κ3) is 3.05. The lowest BCUT2D eigenvalue weighted by molar-refractivity contribution is -0.140. The molecule has 22 heavy (non-hydrogen) atoms. The summed E-state index contributed by atoms with van der Waals surface area (Å²) in [6, 6.07) is 9.10. The molecule has 0 aromatic heterocycles. The number of rotatable bonds is 5. The summed E-state index contributed by atoms with van der Waals surface area (Å²) in [6.07, 6.45) is 4.28. The summed E-state index contributed by atoms with van der Waals surface area (Å²) in [4.78, 5) is 15.2. The van der Waals surface area contributed by atoms with Gasteiger partial charge in [-0.1, -0.05) is 38.1 Å². The number of amides is 1. The number of carbonyl (C=O) groups is 1. The van der Waals surface area contributed by atoms with Crippen molar-refractivity contribution in [3.63, 3.8) is 0 Å². The van der Waals surface area contributed by atoms with Gasteiger partial charge in [-0.25, -0.2) is 0 Å². The highest BCUT2D eigenvalue weighted by Crippen LogP contribution is 2.27. The molecule has 1 aromatic rings. The van der Waals surface area contributed by atoms with Gasteiger partial charge in [-0.15, -0.1) is 0 Å². The molecule has 3 nitrogen and oxygen atoms in total. The second kappa shape index (κ2) is 6.82. The molecule has 2 atom stereocenters. The van der Waals surface area contributed by atoms with Gasteiger partial charge in [0.25, 0.3) is 0 Å². The summed E-state index contributed by atoms with van der Waals surface area (Å²) < 4.78 is 0. The maximum absolute atomic E-state index is 13.0. The highest BCUT2D eigenvalue weighted by atomic mass is 16.2. The highest BCUT2D eigenvalue weighted by Gasteiger charge is 2.34. The number of hydrogen-bond acceptors (Lipinski definition) is 2. The first-order valence-electron chi connectivity index (χ1n) is 8.78. The zero-order valence-corrected chi connectivity index (χ0v) is 13.8. The molecule has 0 saturated carbocycles. The smallest absolute Gasteiger partial charge is 0.226 e. The number of carbonyl (C=O) groups excluding carboxylic acids is 1. The Labute approximate surface area is 134 Å². The first-order valence-corrected chi connectivity index (χ1v) is 8.78. The predicted molar refractivity (Wildman–Crippen MR) is 89.8 cm³/mol. The molecular formula is C19H28N2O. The SMILES string of the molecule is CCCN(C(=O)C(C)C1CNC1)C1CCc2ccccc2C1. The van der Waals surface area contributed by atoms with Crippen molar-refractivity contribution in [2.75, 3.05) is 19.6 Å². The van der Waals surface area contributed by atoms with Crippen LogP contribution in [0, 0.1) is 11.8 Å². The number of fused-ring (bicyclic) bond motifs is 1. The van der Waals surface area contributed by atoms with Crippen LogP contribution in [0.4, 0.5) is 0 Å². The van der Waals surface area contributed by atoms with Gasteiger partial charge in [0, 0.05) is 18.5 Å². The highest BCUT2D eigenvalue weighted by molar-refractivity contribution is 5.79. The van der Waals surface area contributed by atoms with Gasteiger partial charge in [-0.05, 0) is 55.8 Å². The molecule has 1 heterocycles. The van der Waals surface area contributed by atoms with Crippen LogP contribution in [0.15, 0.2) is 24.3 Å². The zero-order valence-electron chi connectivity index (χ0n) is 13.8. The third-order valence-corrected chi connectivity index (χ3v) is 5.42. The summed E-state index contributed by atoms with van der Waals surface area (Å²) in [7, 11) is 0. The Hall–Kier alpha value is -1.35. The molecule has 1 aromatic carbocycles. The zero-order chi connectivity index (χ0) is 15.5. The Morgan fingerprint density at radius 1 is 1.32 bits per heavy atom. The first-order chi connectivity index (χ1) is 10.7. The van der Waals surface area contributed by atoms with Gasteiger partial charge in [0.2, 0.25) is 5.91 Å². The molecule has 1 N–H and O–H groups in total. The van der Waals surface area contributed by atoms with Crippen molar-refractivity contribution in [2.24, 2.45) is 11.8 Å². The standard InChI is InChI=1S/C19H28N2O/c1-3-10-21(19(22)14(2)17-12-20-13-17)18-9-8-15-6-4-5-7-16(15)11-18/h4-7,14,17-18,20H,3,8-13H2,1-2H3. The minimum atomic E-state index is 0.157. The van der Waals surface area contributed by atoms with E-state index in [1.807, 2.05) is 0 Å². The Bertz CT molecular complexity index is 524. The Morgan fingerprint density at radius 3 is 2.68 bits per heavy atom. The topological polar surface area (TPSA) is 32.3 Å². The van der Waals surface area contributed by atoms with E-state index in [1.54, 1.807) is 0 Å². The Morgan fingerprint density at radius 2 is 2.05 bits per heavy atom. The van der Waals surface area contributed by atoms with Crippen molar-refractivity contribution in [1.82, 2.24) is 10.2 Å². The second-order valence-electron chi connectivity index (χ2n) is 6.90. The molecule has 1 fully saturated rings. The summed E-state index contributed by atoms with van der Waals surface area (Å²) in [5, 5.41) is 3.29. The Balaban J connectivity index is 1.72. The molecule has 3 heteroatoms. The maximum atomic E-state index is 13.0. The molecule has 3 rings (SSSR count).